The van der Waals surface area contributed by atoms with E-state index in [1.807, 2.05) is 26.2 Å². The Morgan fingerprint density at radius 2 is 0.781 bits per heavy atom. The highest BCUT2D eigenvalue weighted by molar-refractivity contribution is 6.75. The van der Waals surface area contributed by atoms with E-state index in [1.54, 1.807) is 0 Å². The molecule has 0 bridgehead atoms. The highest BCUT2D eigenvalue weighted by Crippen LogP contribution is 2.37. The van der Waals surface area contributed by atoms with Crippen LogP contribution in [0.25, 0.3) is 0 Å². The Morgan fingerprint density at radius 3 is 1.03 bits per heavy atom. The number of carbonyl (C=O) groups excluding carboxylic acids is 2. The minimum Gasteiger partial charge on any atom is -0.517 e. The second-order valence-corrected chi connectivity index (χ2v) is 20.2. The monoisotopic (exact) mass is 494 g/mol. The maximum Gasteiger partial charge on any atom is 0.318 e. The SMILES string of the molecule is CC(C)(C)[Si](C)(C)OC(=O)COCCOCCOCCOCC(=O)O[Si](C)(C)C(C)(C)C. The van der Waals surface area contributed by atoms with Crippen LogP contribution in [-0.4, -0.2) is 81.4 Å². The Hall–Kier alpha value is -0.786. The molecule has 0 aliphatic rings. The number of carbonyl (C=O) groups is 2. The molecule has 0 aliphatic heterocycles. The second-order valence-electron chi connectivity index (χ2n) is 10.8. The van der Waals surface area contributed by atoms with Crippen molar-refractivity contribution in [2.75, 3.05) is 52.9 Å². The lowest BCUT2D eigenvalue weighted by atomic mass is 10.2. The Labute approximate surface area is 196 Å². The summed E-state index contributed by atoms with van der Waals surface area (Å²) >= 11 is 0. The summed E-state index contributed by atoms with van der Waals surface area (Å²) in [5.74, 6) is -0.652. The zero-order valence-corrected chi connectivity index (χ0v) is 23.9. The first kappa shape index (κ1) is 31.2. The van der Waals surface area contributed by atoms with E-state index in [-0.39, 0.29) is 35.2 Å². The molecule has 32 heavy (non-hydrogen) atoms. The summed E-state index contributed by atoms with van der Waals surface area (Å²) in [5, 5.41) is -0.0459. The first-order valence-corrected chi connectivity index (χ1v) is 17.1. The van der Waals surface area contributed by atoms with Crippen molar-refractivity contribution in [2.24, 2.45) is 0 Å². The molecule has 0 rings (SSSR count). The fourth-order valence-electron chi connectivity index (χ4n) is 1.80. The van der Waals surface area contributed by atoms with Gasteiger partial charge in [-0.3, -0.25) is 9.59 Å². The zero-order valence-electron chi connectivity index (χ0n) is 21.9. The highest BCUT2D eigenvalue weighted by atomic mass is 28.4. The predicted molar refractivity (Wildman–Crippen MR) is 130 cm³/mol. The number of hydrogen-bond donors (Lipinski definition) is 0. The van der Waals surface area contributed by atoms with Crippen LogP contribution in [0.1, 0.15) is 41.5 Å². The van der Waals surface area contributed by atoms with Crippen molar-refractivity contribution < 1.29 is 37.4 Å². The van der Waals surface area contributed by atoms with Crippen LogP contribution in [0.5, 0.6) is 0 Å². The Bertz CT molecular complexity index is 515. The lowest BCUT2D eigenvalue weighted by molar-refractivity contribution is -0.142. The average Bonchev–Trinajstić information content (AvgIpc) is 2.59. The van der Waals surface area contributed by atoms with E-state index in [2.05, 4.69) is 41.5 Å². The van der Waals surface area contributed by atoms with Crippen LogP contribution in [-0.2, 0) is 37.4 Å². The van der Waals surface area contributed by atoms with Gasteiger partial charge in [-0.2, -0.15) is 0 Å². The summed E-state index contributed by atoms with van der Waals surface area (Å²) in [4.78, 5) is 23.8. The molecular weight excluding hydrogens is 448 g/mol. The summed E-state index contributed by atoms with van der Waals surface area (Å²) in [6.45, 7) is 22.6. The maximum atomic E-state index is 11.9. The Kier molecular flexibility index (Phi) is 13.5. The second kappa shape index (κ2) is 13.8. The fraction of sp³-hybridized carbons (Fsp3) is 0.909. The molecule has 0 amide bonds. The molecule has 0 aromatic heterocycles. The van der Waals surface area contributed by atoms with E-state index < -0.39 is 16.6 Å². The number of rotatable bonds is 15. The Balaban J connectivity index is 3.63. The van der Waals surface area contributed by atoms with Gasteiger partial charge in [0.2, 0.25) is 0 Å². The smallest absolute Gasteiger partial charge is 0.318 e. The van der Waals surface area contributed by atoms with Gasteiger partial charge in [-0.15, -0.1) is 0 Å². The fourth-order valence-corrected chi connectivity index (χ4v) is 3.67. The third kappa shape index (κ3) is 13.0. The Morgan fingerprint density at radius 1 is 0.531 bits per heavy atom. The highest BCUT2D eigenvalue weighted by Gasteiger charge is 2.41. The molecule has 0 fully saturated rings. The van der Waals surface area contributed by atoms with Crippen LogP contribution in [0.15, 0.2) is 0 Å². The minimum absolute atomic E-state index is 0.0230. The summed E-state index contributed by atoms with van der Waals surface area (Å²) in [6.07, 6.45) is 0. The maximum absolute atomic E-state index is 11.9. The van der Waals surface area contributed by atoms with Crippen molar-refractivity contribution in [1.82, 2.24) is 0 Å². The molecule has 0 radical (unpaired) electrons. The lowest BCUT2D eigenvalue weighted by Gasteiger charge is -2.35. The third-order valence-corrected chi connectivity index (χ3v) is 14.6. The molecule has 8 nitrogen and oxygen atoms in total. The van der Waals surface area contributed by atoms with Gasteiger partial charge in [0.25, 0.3) is 16.6 Å². The first-order valence-electron chi connectivity index (χ1n) is 11.2. The minimum atomic E-state index is -2.10. The van der Waals surface area contributed by atoms with Crippen molar-refractivity contribution in [3.63, 3.8) is 0 Å². The summed E-state index contributed by atoms with van der Waals surface area (Å²) in [5.41, 5.74) is 0. The van der Waals surface area contributed by atoms with Gasteiger partial charge < -0.3 is 27.8 Å². The van der Waals surface area contributed by atoms with Crippen LogP contribution < -0.4 is 0 Å². The molecule has 0 aromatic carbocycles. The van der Waals surface area contributed by atoms with Gasteiger partial charge in [-0.25, -0.2) is 0 Å². The molecule has 0 aromatic rings. The molecule has 0 aliphatic carbocycles. The summed E-state index contributed by atoms with van der Waals surface area (Å²) in [6, 6.07) is 0. The quantitative estimate of drug-likeness (QED) is 0.248. The van der Waals surface area contributed by atoms with Gasteiger partial charge in [-0.1, -0.05) is 41.5 Å². The van der Waals surface area contributed by atoms with Crippen molar-refractivity contribution in [1.29, 1.82) is 0 Å². The predicted octanol–water partition coefficient (Wildman–Crippen LogP) is 4.15. The molecule has 0 spiro atoms. The number of ether oxygens (including phenoxy) is 4. The molecule has 0 heterocycles. The van der Waals surface area contributed by atoms with Crippen LogP contribution in [0.2, 0.25) is 36.3 Å². The van der Waals surface area contributed by atoms with Crippen molar-refractivity contribution >= 4 is 28.6 Å². The third-order valence-electron chi connectivity index (χ3n) is 5.91. The van der Waals surface area contributed by atoms with E-state index in [9.17, 15) is 9.59 Å². The summed E-state index contributed by atoms with van der Waals surface area (Å²) < 4.78 is 32.7. The van der Waals surface area contributed by atoms with E-state index in [0.29, 0.717) is 39.6 Å². The van der Waals surface area contributed by atoms with E-state index in [1.165, 1.54) is 0 Å². The van der Waals surface area contributed by atoms with Crippen LogP contribution in [0, 0.1) is 0 Å². The van der Waals surface area contributed by atoms with Crippen LogP contribution in [0.3, 0.4) is 0 Å². The van der Waals surface area contributed by atoms with Gasteiger partial charge in [0.15, 0.2) is 0 Å². The van der Waals surface area contributed by atoms with Crippen LogP contribution in [0.4, 0.5) is 0 Å². The van der Waals surface area contributed by atoms with Crippen LogP contribution >= 0.6 is 0 Å². The molecule has 190 valence electrons. The molecular formula is C22H46O8Si2. The largest absolute Gasteiger partial charge is 0.517 e. The number of hydrogen-bond acceptors (Lipinski definition) is 8. The van der Waals surface area contributed by atoms with E-state index in [4.69, 9.17) is 27.8 Å². The van der Waals surface area contributed by atoms with Gasteiger partial charge in [0, 0.05) is 0 Å². The van der Waals surface area contributed by atoms with Gasteiger partial charge in [-0.05, 0) is 36.3 Å². The normalized spacial score (nSPS) is 13.2. The van der Waals surface area contributed by atoms with E-state index >= 15 is 0 Å². The van der Waals surface area contributed by atoms with Gasteiger partial charge in [0.1, 0.15) is 13.2 Å². The first-order chi connectivity index (χ1) is 14.5. The summed E-state index contributed by atoms with van der Waals surface area (Å²) in [7, 11) is -4.21. The van der Waals surface area contributed by atoms with Crippen molar-refractivity contribution in [3.05, 3.63) is 0 Å². The molecule has 0 saturated carbocycles. The van der Waals surface area contributed by atoms with Crippen molar-refractivity contribution in [3.8, 4) is 0 Å². The molecule has 0 N–H and O–H groups in total. The topological polar surface area (TPSA) is 89.5 Å². The van der Waals surface area contributed by atoms with E-state index in [0.717, 1.165) is 0 Å². The van der Waals surface area contributed by atoms with Gasteiger partial charge >= 0.3 is 11.9 Å². The zero-order chi connectivity index (χ0) is 25.1. The molecule has 0 unspecified atom stereocenters. The lowest BCUT2D eigenvalue weighted by Crippen LogP contribution is -2.43. The van der Waals surface area contributed by atoms with Crippen molar-refractivity contribution in [2.45, 2.75) is 77.8 Å². The molecule has 0 atom stereocenters. The molecule has 10 heteroatoms. The van der Waals surface area contributed by atoms with Gasteiger partial charge in [0.05, 0.1) is 39.6 Å². The molecule has 0 saturated heterocycles. The average molecular weight is 495 g/mol. The standard InChI is InChI=1S/C22H46O8Si2/c1-21(2,3)31(7,8)29-19(23)17-27-15-13-25-11-12-26-14-16-28-18-20(24)30-32(9,10)22(4,5)6/h11-18H2,1-10H3.